The topological polar surface area (TPSA) is 51.2 Å². The minimum Gasteiger partial charge on any atom is -0.298 e. The van der Waals surface area contributed by atoms with Crippen molar-refractivity contribution in [3.8, 4) is 0 Å². The van der Waals surface area contributed by atoms with Gasteiger partial charge in [0.15, 0.2) is 17.3 Å². The van der Waals surface area contributed by atoms with Crippen LogP contribution in [0.3, 0.4) is 0 Å². The van der Waals surface area contributed by atoms with Gasteiger partial charge < -0.3 is 0 Å². The van der Waals surface area contributed by atoms with Crippen molar-refractivity contribution in [1.29, 1.82) is 0 Å². The zero-order valence-corrected chi connectivity index (χ0v) is 14.2. The molecule has 0 saturated heterocycles. The van der Waals surface area contributed by atoms with Crippen molar-refractivity contribution in [1.82, 2.24) is 0 Å². The van der Waals surface area contributed by atoms with E-state index >= 15 is 0 Å². The molecule has 0 spiro atoms. The number of halogens is 2. The fraction of sp³-hybridized carbons (Fsp3) is 0.211. The van der Waals surface area contributed by atoms with Gasteiger partial charge in [0.05, 0.1) is 5.02 Å². The van der Waals surface area contributed by atoms with E-state index in [1.807, 2.05) is 30.3 Å². The van der Waals surface area contributed by atoms with Gasteiger partial charge in [-0.1, -0.05) is 53.5 Å². The lowest BCUT2D eigenvalue weighted by Crippen LogP contribution is -2.39. The summed E-state index contributed by atoms with van der Waals surface area (Å²) in [4.78, 5) is 37.8. The maximum Gasteiger partial charge on any atom is 0.182 e. The third-order valence-corrected chi connectivity index (χ3v) is 4.84. The van der Waals surface area contributed by atoms with Crippen molar-refractivity contribution >= 4 is 40.6 Å². The highest BCUT2D eigenvalue weighted by Crippen LogP contribution is 2.34. The Morgan fingerprint density at radius 2 is 1.71 bits per heavy atom. The fourth-order valence-corrected chi connectivity index (χ4v) is 3.57. The second-order valence-electron chi connectivity index (χ2n) is 5.79. The van der Waals surface area contributed by atoms with Gasteiger partial charge in [-0.2, -0.15) is 0 Å². The lowest BCUT2D eigenvalue weighted by atomic mass is 9.73. The average molecular weight is 361 g/mol. The molecule has 0 aliphatic heterocycles. The first-order chi connectivity index (χ1) is 11.5. The standard InChI is InChI=1S/C19H14Cl2O3/c20-12-6-7-14(15(21)10-12)19(24)17-16(22)9-8-13(18(17)23)11-4-2-1-3-5-11/h1-7,10,13,17H,8-9H2/t13-,17+/m0/s1. The second kappa shape index (κ2) is 6.88. The fourth-order valence-electron chi connectivity index (χ4n) is 3.07. The van der Waals surface area contributed by atoms with Gasteiger partial charge in [0, 0.05) is 22.9 Å². The molecule has 0 N–H and O–H groups in total. The molecule has 1 aliphatic rings. The van der Waals surface area contributed by atoms with Gasteiger partial charge in [0.1, 0.15) is 5.92 Å². The molecular formula is C19H14Cl2O3. The Kier molecular flexibility index (Phi) is 4.83. The van der Waals surface area contributed by atoms with E-state index in [1.54, 1.807) is 0 Å². The predicted molar refractivity (Wildman–Crippen MR) is 92.7 cm³/mol. The van der Waals surface area contributed by atoms with Crippen LogP contribution in [0.4, 0.5) is 0 Å². The zero-order chi connectivity index (χ0) is 17.3. The minimum absolute atomic E-state index is 0.148. The van der Waals surface area contributed by atoms with E-state index in [9.17, 15) is 14.4 Å². The lowest BCUT2D eigenvalue weighted by molar-refractivity contribution is -0.134. The van der Waals surface area contributed by atoms with Crippen LogP contribution in [0, 0.1) is 5.92 Å². The summed E-state index contributed by atoms with van der Waals surface area (Å²) < 4.78 is 0. The molecule has 0 radical (unpaired) electrons. The lowest BCUT2D eigenvalue weighted by Gasteiger charge is -2.26. The van der Waals surface area contributed by atoms with E-state index < -0.39 is 17.6 Å². The summed E-state index contributed by atoms with van der Waals surface area (Å²) in [6, 6.07) is 13.6. The van der Waals surface area contributed by atoms with Crippen LogP contribution in [0.25, 0.3) is 0 Å². The molecule has 122 valence electrons. The number of carbonyl (C=O) groups excluding carboxylic acids is 3. The van der Waals surface area contributed by atoms with Gasteiger partial charge in [0.2, 0.25) is 0 Å². The Balaban J connectivity index is 1.94. The molecule has 0 amide bonds. The normalized spacial score (nSPS) is 20.9. The maximum absolute atomic E-state index is 12.8. The summed E-state index contributed by atoms with van der Waals surface area (Å²) in [7, 11) is 0. The maximum atomic E-state index is 12.8. The van der Waals surface area contributed by atoms with Crippen molar-refractivity contribution in [2.24, 2.45) is 5.92 Å². The van der Waals surface area contributed by atoms with E-state index in [0.29, 0.717) is 11.4 Å². The third kappa shape index (κ3) is 3.14. The van der Waals surface area contributed by atoms with E-state index in [0.717, 1.165) is 5.56 Å². The van der Waals surface area contributed by atoms with E-state index in [1.165, 1.54) is 18.2 Å². The van der Waals surface area contributed by atoms with E-state index in [4.69, 9.17) is 23.2 Å². The summed E-state index contributed by atoms with van der Waals surface area (Å²) in [5.41, 5.74) is 0.983. The number of benzene rings is 2. The molecule has 1 aliphatic carbocycles. The zero-order valence-electron chi connectivity index (χ0n) is 12.7. The highest BCUT2D eigenvalue weighted by atomic mass is 35.5. The Labute approximate surface area is 149 Å². The number of rotatable bonds is 3. The van der Waals surface area contributed by atoms with Crippen LogP contribution in [0.1, 0.15) is 34.7 Å². The quantitative estimate of drug-likeness (QED) is 0.597. The highest BCUT2D eigenvalue weighted by Gasteiger charge is 2.42. The first-order valence-corrected chi connectivity index (χ1v) is 8.35. The molecule has 1 saturated carbocycles. The molecule has 0 bridgehead atoms. The summed E-state index contributed by atoms with van der Waals surface area (Å²) in [6.07, 6.45) is 0.632. The monoisotopic (exact) mass is 360 g/mol. The molecule has 2 aromatic carbocycles. The molecule has 2 aromatic rings. The van der Waals surface area contributed by atoms with Crippen LogP contribution >= 0.6 is 23.2 Å². The third-order valence-electron chi connectivity index (χ3n) is 4.29. The number of Topliss-reactive ketones (excluding diaryl/α,β-unsaturated/α-hetero) is 3. The molecule has 5 heteroatoms. The molecule has 0 unspecified atom stereocenters. The van der Waals surface area contributed by atoms with Crippen molar-refractivity contribution in [2.75, 3.05) is 0 Å². The van der Waals surface area contributed by atoms with Gasteiger partial charge in [-0.05, 0) is 30.2 Å². The number of carbonyl (C=O) groups is 3. The predicted octanol–water partition coefficient (Wildman–Crippen LogP) is 4.51. The molecular weight excluding hydrogens is 347 g/mol. The summed E-state index contributed by atoms with van der Waals surface area (Å²) >= 11 is 11.9. The van der Waals surface area contributed by atoms with Gasteiger partial charge in [-0.15, -0.1) is 0 Å². The van der Waals surface area contributed by atoms with Crippen molar-refractivity contribution in [2.45, 2.75) is 18.8 Å². The molecule has 2 atom stereocenters. The Morgan fingerprint density at radius 1 is 1.00 bits per heavy atom. The van der Waals surface area contributed by atoms with Gasteiger partial charge in [-0.3, -0.25) is 14.4 Å². The van der Waals surface area contributed by atoms with Gasteiger partial charge in [-0.25, -0.2) is 0 Å². The second-order valence-corrected chi connectivity index (χ2v) is 6.64. The highest BCUT2D eigenvalue weighted by molar-refractivity contribution is 6.38. The molecule has 3 rings (SSSR count). The average Bonchev–Trinajstić information content (AvgIpc) is 2.55. The Morgan fingerprint density at radius 3 is 2.38 bits per heavy atom. The minimum atomic E-state index is -1.29. The van der Waals surface area contributed by atoms with Crippen molar-refractivity contribution < 1.29 is 14.4 Å². The van der Waals surface area contributed by atoms with Crippen molar-refractivity contribution in [3.05, 3.63) is 69.7 Å². The number of ketones is 3. The van der Waals surface area contributed by atoms with Gasteiger partial charge >= 0.3 is 0 Å². The van der Waals surface area contributed by atoms with Crippen LogP contribution in [0.2, 0.25) is 10.0 Å². The largest absolute Gasteiger partial charge is 0.298 e. The van der Waals surface area contributed by atoms with E-state index in [-0.39, 0.29) is 28.6 Å². The van der Waals surface area contributed by atoms with Crippen molar-refractivity contribution in [3.63, 3.8) is 0 Å². The van der Waals surface area contributed by atoms with Crippen LogP contribution < -0.4 is 0 Å². The number of hydrogen-bond acceptors (Lipinski definition) is 3. The smallest absolute Gasteiger partial charge is 0.182 e. The first-order valence-electron chi connectivity index (χ1n) is 7.59. The van der Waals surface area contributed by atoms with Crippen LogP contribution in [-0.2, 0) is 9.59 Å². The SMILES string of the molecule is O=C1CC[C@@H](c2ccccc2)C(=O)[C@@H]1C(=O)c1ccc(Cl)cc1Cl. The number of hydrogen-bond donors (Lipinski definition) is 0. The molecule has 0 heterocycles. The Bertz CT molecular complexity index is 815. The molecule has 3 nitrogen and oxygen atoms in total. The van der Waals surface area contributed by atoms with Gasteiger partial charge in [0.25, 0.3) is 0 Å². The molecule has 1 fully saturated rings. The van der Waals surface area contributed by atoms with Crippen LogP contribution in [0.5, 0.6) is 0 Å². The molecule has 24 heavy (non-hydrogen) atoms. The summed E-state index contributed by atoms with van der Waals surface area (Å²) in [6.45, 7) is 0. The summed E-state index contributed by atoms with van der Waals surface area (Å²) in [5, 5.41) is 0.537. The van der Waals surface area contributed by atoms with E-state index in [2.05, 4.69) is 0 Å². The van der Waals surface area contributed by atoms with Crippen LogP contribution in [-0.4, -0.2) is 17.3 Å². The Hall–Kier alpha value is -1.97. The van der Waals surface area contributed by atoms with Crippen LogP contribution in [0.15, 0.2) is 48.5 Å². The summed E-state index contributed by atoms with van der Waals surface area (Å²) in [5.74, 6) is -2.98. The first kappa shape index (κ1) is 16.9. The molecule has 0 aromatic heterocycles.